The van der Waals surface area contributed by atoms with Crippen molar-refractivity contribution in [3.05, 3.63) is 71.7 Å². The number of carbonyl (C=O) groups is 1. The van der Waals surface area contributed by atoms with Crippen LogP contribution in [0.5, 0.6) is 0 Å². The Balaban J connectivity index is 2.08. The van der Waals surface area contributed by atoms with Crippen molar-refractivity contribution in [3.63, 3.8) is 0 Å². The van der Waals surface area contributed by atoms with Gasteiger partial charge in [0.2, 0.25) is 0 Å². The maximum Gasteiger partial charge on any atom is 0.126 e. The lowest BCUT2D eigenvalue weighted by atomic mass is 9.92. The molecule has 1 aliphatic rings. The monoisotopic (exact) mass is 263 g/mol. The summed E-state index contributed by atoms with van der Waals surface area (Å²) >= 11 is 0. The van der Waals surface area contributed by atoms with Gasteiger partial charge in [0.1, 0.15) is 12.3 Å². The topological polar surface area (TPSA) is 54.7 Å². The van der Waals surface area contributed by atoms with Crippen LogP contribution in [0.4, 0.5) is 0 Å². The predicted molar refractivity (Wildman–Crippen MR) is 75.9 cm³/mol. The fraction of sp³-hybridized carbons (Fsp3) is 0.125. The molecule has 1 atom stereocenters. The molecule has 0 aliphatic carbocycles. The number of pyridine rings is 1. The van der Waals surface area contributed by atoms with Crippen molar-refractivity contribution in [1.82, 2.24) is 4.98 Å². The van der Waals surface area contributed by atoms with E-state index in [-0.39, 0.29) is 12.5 Å². The van der Waals surface area contributed by atoms with Gasteiger partial charge in [-0.1, -0.05) is 30.3 Å². The molecule has 20 heavy (non-hydrogen) atoms. The summed E-state index contributed by atoms with van der Waals surface area (Å²) in [5.41, 5.74) is 3.81. The molecule has 4 heteroatoms. The lowest BCUT2D eigenvalue weighted by molar-refractivity contribution is -0.107. The van der Waals surface area contributed by atoms with Crippen LogP contribution in [0.3, 0.4) is 0 Å². The summed E-state index contributed by atoms with van der Waals surface area (Å²) in [4.78, 5) is 14.9. The molecule has 0 spiro atoms. The van der Waals surface area contributed by atoms with E-state index in [0.29, 0.717) is 0 Å². The normalized spacial score (nSPS) is 17.5. The zero-order valence-electron chi connectivity index (χ0n) is 10.8. The molecular formula is C16H13N3O. The molecular weight excluding hydrogens is 250 g/mol. The first-order chi connectivity index (χ1) is 9.90. The van der Waals surface area contributed by atoms with Gasteiger partial charge in [0, 0.05) is 24.4 Å². The first kappa shape index (κ1) is 12.4. The molecule has 0 saturated carbocycles. The van der Waals surface area contributed by atoms with E-state index in [2.05, 4.69) is 15.2 Å². The standard InChI is InChI=1S/C16H13N3O/c20-11-8-14-15(12-6-9-17-10-7-12)16(19-18-14)13-4-2-1-3-5-13/h1-7,9-11,16H,8H2. The van der Waals surface area contributed by atoms with Gasteiger partial charge >= 0.3 is 0 Å². The highest BCUT2D eigenvalue weighted by atomic mass is 16.1. The summed E-state index contributed by atoms with van der Waals surface area (Å²) in [7, 11) is 0. The molecule has 98 valence electrons. The molecule has 1 aromatic carbocycles. The van der Waals surface area contributed by atoms with Crippen LogP contribution in [0.25, 0.3) is 5.57 Å². The van der Waals surface area contributed by atoms with Gasteiger partial charge in [-0.15, -0.1) is 0 Å². The van der Waals surface area contributed by atoms with E-state index < -0.39 is 0 Å². The molecule has 0 amide bonds. The minimum atomic E-state index is -0.145. The molecule has 0 N–H and O–H groups in total. The smallest absolute Gasteiger partial charge is 0.126 e. The van der Waals surface area contributed by atoms with Crippen molar-refractivity contribution in [2.75, 3.05) is 0 Å². The molecule has 1 unspecified atom stereocenters. The fourth-order valence-electron chi connectivity index (χ4n) is 2.35. The number of azo groups is 1. The van der Waals surface area contributed by atoms with E-state index in [1.54, 1.807) is 12.4 Å². The molecule has 2 heterocycles. The van der Waals surface area contributed by atoms with Gasteiger partial charge in [-0.2, -0.15) is 10.2 Å². The Labute approximate surface area is 116 Å². The van der Waals surface area contributed by atoms with Gasteiger partial charge in [-0.25, -0.2) is 0 Å². The third-order valence-electron chi connectivity index (χ3n) is 3.26. The highest BCUT2D eigenvalue weighted by Gasteiger charge is 2.26. The third-order valence-corrected chi connectivity index (χ3v) is 3.26. The van der Waals surface area contributed by atoms with Gasteiger partial charge in [-0.3, -0.25) is 4.98 Å². The number of benzene rings is 1. The average Bonchev–Trinajstić information content (AvgIpc) is 2.93. The number of carbonyl (C=O) groups excluding carboxylic acids is 1. The molecule has 4 nitrogen and oxygen atoms in total. The lowest BCUT2D eigenvalue weighted by Crippen LogP contribution is -1.98. The van der Waals surface area contributed by atoms with Crippen LogP contribution >= 0.6 is 0 Å². The molecule has 0 radical (unpaired) electrons. The SMILES string of the molecule is O=CCC1=C(c2ccncc2)C(c2ccccc2)N=N1. The lowest BCUT2D eigenvalue weighted by Gasteiger charge is -2.12. The van der Waals surface area contributed by atoms with Gasteiger partial charge in [0.15, 0.2) is 0 Å². The van der Waals surface area contributed by atoms with Crippen molar-refractivity contribution in [2.45, 2.75) is 12.5 Å². The molecule has 0 fully saturated rings. The predicted octanol–water partition coefficient (Wildman–Crippen LogP) is 3.59. The van der Waals surface area contributed by atoms with E-state index in [9.17, 15) is 4.79 Å². The largest absolute Gasteiger partial charge is 0.303 e. The second-order valence-corrected chi connectivity index (χ2v) is 4.50. The van der Waals surface area contributed by atoms with Gasteiger partial charge in [0.25, 0.3) is 0 Å². The fourth-order valence-corrected chi connectivity index (χ4v) is 2.35. The van der Waals surface area contributed by atoms with Crippen molar-refractivity contribution in [3.8, 4) is 0 Å². The second kappa shape index (κ2) is 5.57. The Kier molecular flexibility index (Phi) is 3.46. The summed E-state index contributed by atoms with van der Waals surface area (Å²) in [6.07, 6.45) is 4.62. The minimum Gasteiger partial charge on any atom is -0.303 e. The van der Waals surface area contributed by atoms with E-state index in [0.717, 1.165) is 28.7 Å². The number of allylic oxidation sites excluding steroid dienone is 1. The Morgan fingerprint density at radius 1 is 1.05 bits per heavy atom. The van der Waals surface area contributed by atoms with E-state index in [4.69, 9.17) is 0 Å². The highest BCUT2D eigenvalue weighted by molar-refractivity contribution is 5.77. The van der Waals surface area contributed by atoms with Crippen molar-refractivity contribution in [2.24, 2.45) is 10.2 Å². The van der Waals surface area contributed by atoms with E-state index >= 15 is 0 Å². The Hall–Kier alpha value is -2.62. The van der Waals surface area contributed by atoms with Crippen LogP contribution in [-0.2, 0) is 4.79 Å². The van der Waals surface area contributed by atoms with Crippen LogP contribution in [-0.4, -0.2) is 11.3 Å². The minimum absolute atomic E-state index is 0.145. The van der Waals surface area contributed by atoms with Crippen LogP contribution < -0.4 is 0 Å². The second-order valence-electron chi connectivity index (χ2n) is 4.50. The molecule has 2 aromatic rings. The van der Waals surface area contributed by atoms with Crippen LogP contribution in [0, 0.1) is 0 Å². The van der Waals surface area contributed by atoms with Crippen LogP contribution in [0.2, 0.25) is 0 Å². The van der Waals surface area contributed by atoms with Crippen LogP contribution in [0.1, 0.15) is 23.6 Å². The summed E-state index contributed by atoms with van der Waals surface area (Å²) in [5.74, 6) is 0. The summed E-state index contributed by atoms with van der Waals surface area (Å²) in [5, 5.41) is 8.53. The molecule has 1 aromatic heterocycles. The summed E-state index contributed by atoms with van der Waals surface area (Å²) in [6, 6.07) is 13.7. The number of hydrogen-bond donors (Lipinski definition) is 0. The van der Waals surface area contributed by atoms with Crippen molar-refractivity contribution in [1.29, 1.82) is 0 Å². The Bertz CT molecular complexity index is 663. The number of aromatic nitrogens is 1. The van der Waals surface area contributed by atoms with Crippen molar-refractivity contribution < 1.29 is 4.79 Å². The zero-order valence-corrected chi connectivity index (χ0v) is 10.8. The number of aldehydes is 1. The first-order valence-electron chi connectivity index (χ1n) is 6.43. The van der Waals surface area contributed by atoms with Crippen LogP contribution in [0.15, 0.2) is 70.8 Å². The molecule has 0 saturated heterocycles. The van der Waals surface area contributed by atoms with Crippen molar-refractivity contribution >= 4 is 11.9 Å². The molecule has 1 aliphatic heterocycles. The number of rotatable bonds is 4. The van der Waals surface area contributed by atoms with Gasteiger partial charge in [0.05, 0.1) is 5.70 Å². The summed E-state index contributed by atoms with van der Waals surface area (Å²) in [6.45, 7) is 0. The maximum atomic E-state index is 10.8. The Morgan fingerprint density at radius 2 is 1.80 bits per heavy atom. The molecule has 0 bridgehead atoms. The molecule has 3 rings (SSSR count). The maximum absolute atomic E-state index is 10.8. The van der Waals surface area contributed by atoms with E-state index in [1.165, 1.54) is 0 Å². The average molecular weight is 263 g/mol. The Morgan fingerprint density at radius 3 is 2.50 bits per heavy atom. The number of hydrogen-bond acceptors (Lipinski definition) is 4. The number of nitrogens with zero attached hydrogens (tertiary/aromatic N) is 3. The third kappa shape index (κ3) is 2.28. The van der Waals surface area contributed by atoms with Gasteiger partial charge in [-0.05, 0) is 23.3 Å². The zero-order chi connectivity index (χ0) is 13.8. The summed E-state index contributed by atoms with van der Waals surface area (Å²) < 4.78 is 0. The first-order valence-corrected chi connectivity index (χ1v) is 6.43. The van der Waals surface area contributed by atoms with E-state index in [1.807, 2.05) is 42.5 Å². The highest BCUT2D eigenvalue weighted by Crippen LogP contribution is 2.41. The quantitative estimate of drug-likeness (QED) is 0.791. The van der Waals surface area contributed by atoms with Gasteiger partial charge < -0.3 is 4.79 Å².